The number of aromatic nitrogens is 2. The minimum atomic E-state index is 0.523. The first kappa shape index (κ1) is 11.4. The summed E-state index contributed by atoms with van der Waals surface area (Å²) in [6.07, 6.45) is 0. The van der Waals surface area contributed by atoms with E-state index in [1.54, 1.807) is 0 Å². The second-order valence-corrected chi connectivity index (χ2v) is 4.47. The lowest BCUT2D eigenvalue weighted by Gasteiger charge is -1.99. The van der Waals surface area contributed by atoms with Gasteiger partial charge < -0.3 is 5.73 Å². The van der Waals surface area contributed by atoms with Crippen molar-refractivity contribution in [3.63, 3.8) is 0 Å². The van der Waals surface area contributed by atoms with E-state index in [0.29, 0.717) is 6.54 Å². The molecule has 0 bridgehead atoms. The summed E-state index contributed by atoms with van der Waals surface area (Å²) in [5, 5.41) is 4.53. The van der Waals surface area contributed by atoms with Gasteiger partial charge in [-0.3, -0.25) is 4.68 Å². The van der Waals surface area contributed by atoms with Crippen molar-refractivity contribution in [2.75, 3.05) is 0 Å². The molecule has 0 radical (unpaired) electrons. The van der Waals surface area contributed by atoms with Crippen LogP contribution in [0, 0.1) is 0 Å². The Morgan fingerprint density at radius 1 is 1.38 bits per heavy atom. The molecule has 16 heavy (non-hydrogen) atoms. The SMILES string of the molecule is CCn1nc(-c2cccc(Br)c2)cc1CN. The summed E-state index contributed by atoms with van der Waals surface area (Å²) in [5.41, 5.74) is 8.83. The first-order valence-corrected chi connectivity index (χ1v) is 6.06. The van der Waals surface area contributed by atoms with Gasteiger partial charge in [0.1, 0.15) is 0 Å². The molecule has 0 fully saturated rings. The van der Waals surface area contributed by atoms with Crippen LogP contribution in [0.3, 0.4) is 0 Å². The number of benzene rings is 1. The molecular formula is C12H14BrN3. The molecule has 3 nitrogen and oxygen atoms in total. The maximum atomic E-state index is 5.68. The van der Waals surface area contributed by atoms with Crippen LogP contribution in [-0.2, 0) is 13.1 Å². The summed E-state index contributed by atoms with van der Waals surface area (Å²) in [7, 11) is 0. The number of rotatable bonds is 3. The van der Waals surface area contributed by atoms with Crippen LogP contribution in [0.2, 0.25) is 0 Å². The van der Waals surface area contributed by atoms with Crippen molar-refractivity contribution in [2.24, 2.45) is 5.73 Å². The normalized spacial score (nSPS) is 10.7. The van der Waals surface area contributed by atoms with Gasteiger partial charge in [0.15, 0.2) is 0 Å². The first-order chi connectivity index (χ1) is 7.74. The van der Waals surface area contributed by atoms with Gasteiger partial charge in [0.05, 0.1) is 11.4 Å². The molecule has 0 aliphatic heterocycles. The minimum absolute atomic E-state index is 0.523. The van der Waals surface area contributed by atoms with Crippen LogP contribution in [0.5, 0.6) is 0 Å². The number of nitrogens with zero attached hydrogens (tertiary/aromatic N) is 2. The monoisotopic (exact) mass is 279 g/mol. The molecule has 1 aromatic carbocycles. The van der Waals surface area contributed by atoms with Crippen molar-refractivity contribution in [2.45, 2.75) is 20.0 Å². The van der Waals surface area contributed by atoms with E-state index in [0.717, 1.165) is 28.0 Å². The Morgan fingerprint density at radius 3 is 2.75 bits per heavy atom. The Morgan fingerprint density at radius 2 is 2.19 bits per heavy atom. The van der Waals surface area contributed by atoms with E-state index in [9.17, 15) is 0 Å². The largest absolute Gasteiger partial charge is 0.325 e. The molecule has 1 heterocycles. The lowest BCUT2D eigenvalue weighted by atomic mass is 10.1. The van der Waals surface area contributed by atoms with Crippen LogP contribution in [0.4, 0.5) is 0 Å². The molecule has 84 valence electrons. The van der Waals surface area contributed by atoms with Gasteiger partial charge in [-0.25, -0.2) is 0 Å². The van der Waals surface area contributed by atoms with E-state index < -0.39 is 0 Å². The maximum absolute atomic E-state index is 5.68. The molecule has 0 amide bonds. The van der Waals surface area contributed by atoms with Crippen molar-refractivity contribution in [1.82, 2.24) is 9.78 Å². The zero-order valence-electron chi connectivity index (χ0n) is 9.15. The highest BCUT2D eigenvalue weighted by atomic mass is 79.9. The minimum Gasteiger partial charge on any atom is -0.325 e. The number of halogens is 1. The number of nitrogens with two attached hydrogens (primary N) is 1. The molecule has 4 heteroatoms. The summed E-state index contributed by atoms with van der Waals surface area (Å²) in [5.74, 6) is 0. The van der Waals surface area contributed by atoms with Crippen molar-refractivity contribution in [1.29, 1.82) is 0 Å². The molecule has 2 aromatic rings. The van der Waals surface area contributed by atoms with Crippen LogP contribution >= 0.6 is 15.9 Å². The van der Waals surface area contributed by atoms with E-state index in [1.165, 1.54) is 0 Å². The zero-order valence-corrected chi connectivity index (χ0v) is 10.7. The van der Waals surface area contributed by atoms with Crippen LogP contribution < -0.4 is 5.73 Å². The van der Waals surface area contributed by atoms with Gasteiger partial charge in [0.2, 0.25) is 0 Å². The quantitative estimate of drug-likeness (QED) is 0.939. The fourth-order valence-corrected chi connectivity index (χ4v) is 2.08. The smallest absolute Gasteiger partial charge is 0.0926 e. The van der Waals surface area contributed by atoms with E-state index in [4.69, 9.17) is 5.73 Å². The standard InChI is InChI=1S/C12H14BrN3/c1-2-16-11(8-14)7-12(15-16)9-4-3-5-10(13)6-9/h3-7H,2,8,14H2,1H3. The molecule has 0 unspecified atom stereocenters. The predicted molar refractivity (Wildman–Crippen MR) is 68.9 cm³/mol. The van der Waals surface area contributed by atoms with Crippen LogP contribution in [0.15, 0.2) is 34.8 Å². The van der Waals surface area contributed by atoms with E-state index in [2.05, 4.69) is 34.0 Å². The lowest BCUT2D eigenvalue weighted by Crippen LogP contribution is -2.06. The Kier molecular flexibility index (Phi) is 3.41. The first-order valence-electron chi connectivity index (χ1n) is 5.27. The molecule has 0 aliphatic carbocycles. The number of aryl methyl sites for hydroxylation is 1. The molecule has 1 aromatic heterocycles. The molecule has 0 atom stereocenters. The Bertz CT molecular complexity index is 469. The van der Waals surface area contributed by atoms with Gasteiger partial charge in [-0.2, -0.15) is 5.10 Å². The van der Waals surface area contributed by atoms with Gasteiger partial charge in [0, 0.05) is 23.1 Å². The van der Waals surface area contributed by atoms with E-state index in [-0.39, 0.29) is 0 Å². The number of hydrogen-bond acceptors (Lipinski definition) is 2. The van der Waals surface area contributed by atoms with Gasteiger partial charge in [-0.05, 0) is 25.1 Å². The fraction of sp³-hybridized carbons (Fsp3) is 0.250. The van der Waals surface area contributed by atoms with E-state index in [1.807, 2.05) is 28.9 Å². The van der Waals surface area contributed by atoms with Crippen molar-refractivity contribution < 1.29 is 0 Å². The van der Waals surface area contributed by atoms with Crippen LogP contribution in [0.1, 0.15) is 12.6 Å². The zero-order chi connectivity index (χ0) is 11.5. The third-order valence-electron chi connectivity index (χ3n) is 2.49. The van der Waals surface area contributed by atoms with E-state index >= 15 is 0 Å². The average Bonchev–Trinajstić information content (AvgIpc) is 2.72. The van der Waals surface area contributed by atoms with Gasteiger partial charge >= 0.3 is 0 Å². The second kappa shape index (κ2) is 4.80. The average molecular weight is 280 g/mol. The van der Waals surface area contributed by atoms with Gasteiger partial charge in [-0.1, -0.05) is 28.1 Å². The Labute approximate surface area is 103 Å². The fourth-order valence-electron chi connectivity index (χ4n) is 1.68. The molecule has 0 spiro atoms. The third-order valence-corrected chi connectivity index (χ3v) is 2.99. The summed E-state index contributed by atoms with van der Waals surface area (Å²) in [6, 6.07) is 10.2. The molecule has 2 rings (SSSR count). The topological polar surface area (TPSA) is 43.8 Å². The van der Waals surface area contributed by atoms with Crippen LogP contribution in [-0.4, -0.2) is 9.78 Å². The predicted octanol–water partition coefficient (Wildman–Crippen LogP) is 2.79. The van der Waals surface area contributed by atoms with Gasteiger partial charge in [-0.15, -0.1) is 0 Å². The summed E-state index contributed by atoms with van der Waals surface area (Å²) >= 11 is 3.46. The lowest BCUT2D eigenvalue weighted by molar-refractivity contribution is 0.624. The molecular weight excluding hydrogens is 266 g/mol. The van der Waals surface area contributed by atoms with Crippen molar-refractivity contribution in [3.8, 4) is 11.3 Å². The summed E-state index contributed by atoms with van der Waals surface area (Å²) in [6.45, 7) is 3.44. The van der Waals surface area contributed by atoms with Crippen LogP contribution in [0.25, 0.3) is 11.3 Å². The van der Waals surface area contributed by atoms with Gasteiger partial charge in [0.25, 0.3) is 0 Å². The van der Waals surface area contributed by atoms with Crippen molar-refractivity contribution in [3.05, 3.63) is 40.5 Å². The molecule has 0 saturated carbocycles. The highest BCUT2D eigenvalue weighted by Crippen LogP contribution is 2.22. The number of hydrogen-bond donors (Lipinski definition) is 1. The summed E-state index contributed by atoms with van der Waals surface area (Å²) in [4.78, 5) is 0. The highest BCUT2D eigenvalue weighted by molar-refractivity contribution is 9.10. The Balaban J connectivity index is 2.44. The molecule has 2 N–H and O–H groups in total. The third kappa shape index (κ3) is 2.18. The molecule has 0 saturated heterocycles. The molecule has 0 aliphatic rings. The maximum Gasteiger partial charge on any atom is 0.0926 e. The summed E-state index contributed by atoms with van der Waals surface area (Å²) < 4.78 is 3.00. The Hall–Kier alpha value is -1.13. The van der Waals surface area contributed by atoms with Crippen molar-refractivity contribution >= 4 is 15.9 Å². The second-order valence-electron chi connectivity index (χ2n) is 3.55. The highest BCUT2D eigenvalue weighted by Gasteiger charge is 2.07.